The summed E-state index contributed by atoms with van der Waals surface area (Å²) in [6, 6.07) is 4.99. The van der Waals surface area contributed by atoms with Crippen LogP contribution in [0.1, 0.15) is 41.3 Å². The molecule has 0 radical (unpaired) electrons. The molecule has 2 amide bonds. The summed E-state index contributed by atoms with van der Waals surface area (Å²) in [5, 5.41) is 17.8. The second-order valence-electron chi connectivity index (χ2n) is 8.26. The number of alkyl halides is 1. The molecule has 0 aromatic heterocycles. The molecule has 1 unspecified atom stereocenters. The molecule has 3 rings (SSSR count). The predicted octanol–water partition coefficient (Wildman–Crippen LogP) is 0.417. The molecule has 1 aromatic rings. The highest BCUT2D eigenvalue weighted by Gasteiger charge is 2.54. The first-order valence-electron chi connectivity index (χ1n) is 9.83. The molecule has 0 spiro atoms. The van der Waals surface area contributed by atoms with Gasteiger partial charge >= 0.3 is 0 Å². The Morgan fingerprint density at radius 2 is 2.12 bits per heavy atom. The lowest BCUT2D eigenvalue weighted by Gasteiger charge is -2.27. The average Bonchev–Trinajstić information content (AvgIpc) is 3.31. The fourth-order valence-electron chi connectivity index (χ4n) is 3.44. The van der Waals surface area contributed by atoms with Crippen LogP contribution in [0.5, 0.6) is 0 Å². The maximum Gasteiger partial charge on any atom is 0.264 e. The van der Waals surface area contributed by atoms with Crippen molar-refractivity contribution in [3.63, 3.8) is 0 Å². The van der Waals surface area contributed by atoms with E-state index in [1.165, 1.54) is 17.3 Å². The topological polar surface area (TPSA) is 124 Å². The number of nitrogens with zero attached hydrogens (tertiary/aromatic N) is 1. The van der Waals surface area contributed by atoms with Crippen molar-refractivity contribution in [2.24, 2.45) is 5.92 Å². The maximum absolute atomic E-state index is 13.6. The zero-order valence-electron chi connectivity index (χ0n) is 17.6. The van der Waals surface area contributed by atoms with Gasteiger partial charge in [0.25, 0.3) is 11.8 Å². The van der Waals surface area contributed by atoms with Gasteiger partial charge in [0.1, 0.15) is 5.67 Å². The number of halogens is 1. The number of hydrogen-bond acceptors (Lipinski definition) is 6. The summed E-state index contributed by atoms with van der Waals surface area (Å²) >= 11 is 0. The van der Waals surface area contributed by atoms with Crippen LogP contribution in [0.2, 0.25) is 0 Å². The lowest BCUT2D eigenvalue weighted by Crippen LogP contribution is -2.50. The monoisotopic (exact) mass is 462 g/mol. The Kier molecular flexibility index (Phi) is 6.34. The summed E-state index contributed by atoms with van der Waals surface area (Å²) in [6.07, 6.45) is 0.913. The Balaban J connectivity index is 1.68. The second kappa shape index (κ2) is 8.55. The van der Waals surface area contributed by atoms with Crippen LogP contribution in [0.15, 0.2) is 18.2 Å². The molecule has 2 aliphatic rings. The molecular formula is C22H23FN2O6S. The van der Waals surface area contributed by atoms with E-state index in [9.17, 15) is 22.4 Å². The van der Waals surface area contributed by atoms with Gasteiger partial charge in [-0.3, -0.25) is 14.8 Å². The summed E-state index contributed by atoms with van der Waals surface area (Å²) in [5.41, 5.74) is 1.54. The van der Waals surface area contributed by atoms with Crippen molar-refractivity contribution in [3.05, 3.63) is 34.9 Å². The molecule has 1 heterocycles. The van der Waals surface area contributed by atoms with E-state index in [0.29, 0.717) is 16.7 Å². The molecule has 1 fully saturated rings. The van der Waals surface area contributed by atoms with E-state index in [-0.39, 0.29) is 31.8 Å². The molecule has 0 bridgehead atoms. The van der Waals surface area contributed by atoms with E-state index in [0.717, 1.165) is 6.26 Å². The first-order valence-corrected chi connectivity index (χ1v) is 11.7. The van der Waals surface area contributed by atoms with Crippen molar-refractivity contribution in [1.29, 1.82) is 0 Å². The van der Waals surface area contributed by atoms with Crippen molar-refractivity contribution < 1.29 is 32.7 Å². The smallest absolute Gasteiger partial charge is 0.264 e. The summed E-state index contributed by atoms with van der Waals surface area (Å²) in [7, 11) is -3.86. The lowest BCUT2D eigenvalue weighted by molar-refractivity contribution is -0.131. The van der Waals surface area contributed by atoms with Crippen LogP contribution in [-0.4, -0.2) is 65.3 Å². The molecule has 0 saturated heterocycles. The molecule has 3 N–H and O–H groups in total. The Morgan fingerprint density at radius 3 is 2.72 bits per heavy atom. The fourth-order valence-corrected chi connectivity index (χ4v) is 4.28. The third kappa shape index (κ3) is 4.49. The highest BCUT2D eigenvalue weighted by atomic mass is 32.2. The van der Waals surface area contributed by atoms with Crippen molar-refractivity contribution >= 4 is 21.7 Å². The molecule has 1 aromatic carbocycles. The van der Waals surface area contributed by atoms with E-state index in [2.05, 4.69) is 23.7 Å². The number of rotatable bonds is 6. The van der Waals surface area contributed by atoms with Crippen molar-refractivity contribution in [1.82, 2.24) is 10.4 Å². The largest absolute Gasteiger partial charge is 0.393 e. The number of sulfone groups is 1. The Morgan fingerprint density at radius 1 is 1.41 bits per heavy atom. The molecule has 32 heavy (non-hydrogen) atoms. The standard InChI is InChI=1S/C22H23FN2O6S/c1-21(20(28)24-29,32(2,30)31)9-10-25-13-16-11-15(7-8-18(16)19(25)27)5-3-4-6-17-12-22(17,23)14-26/h7-8,11,17,26,29H,9-10,12-14H2,1-2H3,(H,24,28)/t17-,21?,22-/m0/s1. The minimum absolute atomic E-state index is 0.00574. The number of carbonyl (C=O) groups excluding carboxylic acids is 2. The van der Waals surface area contributed by atoms with Crippen LogP contribution >= 0.6 is 0 Å². The zero-order chi connectivity index (χ0) is 23.7. The third-order valence-electron chi connectivity index (χ3n) is 6.03. The SMILES string of the molecule is CC(CCN1Cc2cc(C#CC#C[C@H]3C[C@]3(F)CO)ccc2C1=O)(C(=O)NO)S(C)(=O)=O. The van der Waals surface area contributed by atoms with E-state index < -0.39 is 38.7 Å². The van der Waals surface area contributed by atoms with E-state index in [4.69, 9.17) is 10.3 Å². The Hall–Kier alpha value is -2.92. The van der Waals surface area contributed by atoms with E-state index in [1.807, 2.05) is 0 Å². The first-order chi connectivity index (χ1) is 14.9. The van der Waals surface area contributed by atoms with Gasteiger partial charge in [-0.2, -0.15) is 0 Å². The summed E-state index contributed by atoms with van der Waals surface area (Å²) < 4.78 is 35.9. The molecule has 1 saturated carbocycles. The summed E-state index contributed by atoms with van der Waals surface area (Å²) in [4.78, 5) is 26.0. The van der Waals surface area contributed by atoms with E-state index in [1.54, 1.807) is 18.2 Å². The number of carbonyl (C=O) groups is 2. The summed E-state index contributed by atoms with van der Waals surface area (Å²) in [6.45, 7) is 0.863. The third-order valence-corrected chi connectivity index (χ3v) is 8.06. The van der Waals surface area contributed by atoms with Crippen LogP contribution in [-0.2, 0) is 21.2 Å². The van der Waals surface area contributed by atoms with Gasteiger partial charge in [-0.15, -0.1) is 0 Å². The molecule has 1 aliphatic heterocycles. The molecular weight excluding hydrogens is 439 g/mol. The average molecular weight is 462 g/mol. The minimum Gasteiger partial charge on any atom is -0.393 e. The fraction of sp³-hybridized carbons (Fsp3) is 0.455. The number of hydroxylamine groups is 1. The van der Waals surface area contributed by atoms with Gasteiger partial charge in [0.15, 0.2) is 14.6 Å². The highest BCUT2D eigenvalue weighted by molar-refractivity contribution is 7.92. The van der Waals surface area contributed by atoms with Crippen molar-refractivity contribution in [2.75, 3.05) is 19.4 Å². The van der Waals surface area contributed by atoms with Crippen LogP contribution in [0.3, 0.4) is 0 Å². The van der Waals surface area contributed by atoms with Gasteiger partial charge in [-0.25, -0.2) is 18.3 Å². The zero-order valence-corrected chi connectivity index (χ0v) is 18.4. The van der Waals surface area contributed by atoms with Gasteiger partial charge in [0.2, 0.25) is 0 Å². The lowest BCUT2D eigenvalue weighted by atomic mass is 10.1. The molecule has 3 atom stereocenters. The highest BCUT2D eigenvalue weighted by Crippen LogP contribution is 2.46. The first kappa shape index (κ1) is 23.7. The van der Waals surface area contributed by atoms with Gasteiger partial charge < -0.3 is 10.0 Å². The number of benzene rings is 1. The van der Waals surface area contributed by atoms with Gasteiger partial charge in [0.05, 0.1) is 12.5 Å². The second-order valence-corrected chi connectivity index (χ2v) is 10.7. The van der Waals surface area contributed by atoms with Crippen molar-refractivity contribution in [2.45, 2.75) is 36.7 Å². The predicted molar refractivity (Wildman–Crippen MR) is 113 cm³/mol. The van der Waals surface area contributed by atoms with Gasteiger partial charge in [0, 0.05) is 36.9 Å². The Bertz CT molecular complexity index is 1190. The minimum atomic E-state index is -3.86. The van der Waals surface area contributed by atoms with Crippen LogP contribution in [0.25, 0.3) is 0 Å². The maximum atomic E-state index is 13.6. The number of hydrogen-bond donors (Lipinski definition) is 3. The number of aliphatic hydroxyl groups is 1. The summed E-state index contributed by atoms with van der Waals surface area (Å²) in [5.74, 6) is 8.87. The number of aliphatic hydroxyl groups excluding tert-OH is 1. The number of nitrogens with one attached hydrogen (secondary N) is 1. The Labute approximate surface area is 185 Å². The van der Waals surface area contributed by atoms with E-state index >= 15 is 0 Å². The van der Waals surface area contributed by atoms with Crippen molar-refractivity contribution in [3.8, 4) is 23.7 Å². The quantitative estimate of drug-likeness (QED) is 0.320. The molecule has 170 valence electrons. The number of fused-ring (bicyclic) bond motifs is 1. The van der Waals surface area contributed by atoms with Crippen LogP contribution in [0.4, 0.5) is 4.39 Å². The number of amides is 2. The van der Waals surface area contributed by atoms with Gasteiger partial charge in [-0.05, 0) is 48.9 Å². The molecule has 1 aliphatic carbocycles. The van der Waals surface area contributed by atoms with Crippen LogP contribution in [0, 0.1) is 29.6 Å². The van der Waals surface area contributed by atoms with Crippen LogP contribution < -0.4 is 5.48 Å². The molecule has 10 heteroatoms. The normalized spacial score (nSPS) is 23.2. The van der Waals surface area contributed by atoms with Gasteiger partial charge in [-0.1, -0.05) is 11.8 Å². The molecule has 8 nitrogen and oxygen atoms in total.